The van der Waals surface area contributed by atoms with Crippen molar-refractivity contribution in [1.82, 2.24) is 5.06 Å². The lowest BCUT2D eigenvalue weighted by Crippen LogP contribution is -2.32. The molecule has 0 saturated heterocycles. The molecule has 1 N–H and O–H groups in total. The molecule has 0 spiro atoms. The summed E-state index contributed by atoms with van der Waals surface area (Å²) < 4.78 is 10.6. The minimum atomic E-state index is -0.958. The number of carbonyl (C=O) groups is 1. The van der Waals surface area contributed by atoms with Crippen molar-refractivity contribution in [2.45, 2.75) is 19.1 Å². The van der Waals surface area contributed by atoms with Crippen LogP contribution >= 0.6 is 0 Å². The van der Waals surface area contributed by atoms with Gasteiger partial charge in [0.2, 0.25) is 12.7 Å². The van der Waals surface area contributed by atoms with E-state index >= 15 is 0 Å². The maximum absolute atomic E-state index is 12.5. The molecule has 134 valence electrons. The molecule has 26 heavy (non-hydrogen) atoms. The van der Waals surface area contributed by atoms with Crippen LogP contribution in [0.2, 0.25) is 0 Å². The molecule has 0 aromatic heterocycles. The van der Waals surface area contributed by atoms with Gasteiger partial charge in [-0.25, -0.2) is 14.9 Å². The summed E-state index contributed by atoms with van der Waals surface area (Å²) in [5.41, 5.74) is 0.622. The van der Waals surface area contributed by atoms with Gasteiger partial charge in [-0.3, -0.25) is 4.79 Å². The van der Waals surface area contributed by atoms with Crippen LogP contribution in [0, 0.1) is 0 Å². The van der Waals surface area contributed by atoms with Crippen LogP contribution < -0.4 is 14.8 Å². The number of hydrogen-bond acceptors (Lipinski definition) is 6. The van der Waals surface area contributed by atoms with Crippen LogP contribution in [0.5, 0.6) is 11.5 Å². The van der Waals surface area contributed by atoms with Gasteiger partial charge in [0.15, 0.2) is 23.1 Å². The van der Waals surface area contributed by atoms with Gasteiger partial charge < -0.3 is 14.8 Å². The molecule has 0 saturated carbocycles. The summed E-state index contributed by atoms with van der Waals surface area (Å²) >= 11 is 0. The maximum Gasteiger partial charge on any atom is 0.231 e. The van der Waals surface area contributed by atoms with Crippen molar-refractivity contribution in [1.29, 1.82) is 0 Å². The summed E-state index contributed by atoms with van der Waals surface area (Å²) in [5.74, 6) is 1.80. The van der Waals surface area contributed by atoms with Crippen molar-refractivity contribution >= 4 is 17.4 Å². The first kappa shape index (κ1) is 16.4. The van der Waals surface area contributed by atoms with Crippen LogP contribution in [0.15, 0.2) is 53.5 Å². The molecular formula is C19H19N3O4. The van der Waals surface area contributed by atoms with Gasteiger partial charge in [0.25, 0.3) is 0 Å². The zero-order valence-electron chi connectivity index (χ0n) is 14.6. The Balaban J connectivity index is 1.46. The predicted molar refractivity (Wildman–Crippen MR) is 96.0 cm³/mol. The molecule has 2 heterocycles. The topological polar surface area (TPSA) is 72.4 Å². The van der Waals surface area contributed by atoms with E-state index in [9.17, 15) is 4.79 Å². The number of hydroxylamine groups is 2. The van der Waals surface area contributed by atoms with Crippen molar-refractivity contribution in [3.63, 3.8) is 0 Å². The largest absolute Gasteiger partial charge is 0.454 e. The number of rotatable bonds is 4. The van der Waals surface area contributed by atoms with Gasteiger partial charge in [-0.15, -0.1) is 0 Å². The van der Waals surface area contributed by atoms with Crippen LogP contribution in [0.4, 0.5) is 5.69 Å². The van der Waals surface area contributed by atoms with Crippen molar-refractivity contribution in [2.75, 3.05) is 19.2 Å². The number of nitrogens with one attached hydrogen (secondary N) is 1. The molecule has 2 aliphatic rings. The first-order valence-electron chi connectivity index (χ1n) is 8.30. The van der Waals surface area contributed by atoms with E-state index in [2.05, 4.69) is 10.3 Å². The number of amidine groups is 1. The monoisotopic (exact) mass is 353 g/mol. The molecule has 0 radical (unpaired) electrons. The zero-order valence-corrected chi connectivity index (χ0v) is 14.6. The van der Waals surface area contributed by atoms with Crippen molar-refractivity contribution in [2.24, 2.45) is 4.99 Å². The number of carbonyl (C=O) groups excluding carboxylic acids is 1. The summed E-state index contributed by atoms with van der Waals surface area (Å²) in [6, 6.07) is 15.0. The van der Waals surface area contributed by atoms with Gasteiger partial charge in [0, 0.05) is 24.4 Å². The second-order valence-corrected chi connectivity index (χ2v) is 6.36. The van der Waals surface area contributed by atoms with Gasteiger partial charge in [0.05, 0.1) is 6.42 Å². The normalized spacial score (nSPS) is 20.8. The minimum Gasteiger partial charge on any atom is -0.454 e. The summed E-state index contributed by atoms with van der Waals surface area (Å²) in [6.07, 6.45) is 0.0854. The third-order valence-electron chi connectivity index (χ3n) is 4.15. The van der Waals surface area contributed by atoms with E-state index in [0.29, 0.717) is 23.0 Å². The van der Waals surface area contributed by atoms with Crippen LogP contribution in [-0.2, 0) is 9.63 Å². The lowest BCUT2D eigenvalue weighted by molar-refractivity contribution is -0.164. The summed E-state index contributed by atoms with van der Waals surface area (Å²) in [7, 11) is 1.78. The standard InChI is InChI=1S/C19H19N3O4/c1-19(21-18(22(2)26-19)13-6-4-3-5-7-13)11-17(23)20-14-8-9-15-16(10-14)25-12-24-15/h3-10H,11-12H2,1-2H3,(H,20,23). The van der Waals surface area contributed by atoms with Crippen LogP contribution in [0.3, 0.4) is 0 Å². The molecule has 1 unspecified atom stereocenters. The SMILES string of the molecule is CN1OC(C)(CC(=O)Nc2ccc3c(c2)OCO3)N=C1c1ccccc1. The second-order valence-electron chi connectivity index (χ2n) is 6.36. The highest BCUT2D eigenvalue weighted by Crippen LogP contribution is 2.34. The van der Waals surface area contributed by atoms with E-state index in [-0.39, 0.29) is 19.1 Å². The fraction of sp³-hybridized carbons (Fsp3) is 0.263. The van der Waals surface area contributed by atoms with Gasteiger partial charge in [0.1, 0.15) is 0 Å². The van der Waals surface area contributed by atoms with E-state index < -0.39 is 5.72 Å². The van der Waals surface area contributed by atoms with Crippen molar-refractivity contribution < 1.29 is 19.1 Å². The molecule has 2 aliphatic heterocycles. The Morgan fingerprint density at radius 2 is 1.96 bits per heavy atom. The molecule has 0 aliphatic carbocycles. The van der Waals surface area contributed by atoms with Gasteiger partial charge in [-0.1, -0.05) is 30.3 Å². The smallest absolute Gasteiger partial charge is 0.231 e. The number of benzene rings is 2. The third-order valence-corrected chi connectivity index (χ3v) is 4.15. The number of fused-ring (bicyclic) bond motifs is 1. The Labute approximate surface area is 151 Å². The number of aliphatic imine (C=N–C) groups is 1. The van der Waals surface area contributed by atoms with E-state index in [0.717, 1.165) is 5.56 Å². The van der Waals surface area contributed by atoms with E-state index in [1.54, 1.807) is 37.2 Å². The first-order valence-corrected chi connectivity index (χ1v) is 8.30. The molecule has 4 rings (SSSR count). The highest BCUT2D eigenvalue weighted by Gasteiger charge is 2.37. The van der Waals surface area contributed by atoms with Crippen LogP contribution in [-0.4, -0.2) is 36.4 Å². The molecule has 7 nitrogen and oxygen atoms in total. The maximum atomic E-state index is 12.5. The van der Waals surface area contributed by atoms with Crippen LogP contribution in [0.25, 0.3) is 0 Å². The van der Waals surface area contributed by atoms with E-state index in [4.69, 9.17) is 14.3 Å². The Kier molecular flexibility index (Phi) is 4.00. The lowest BCUT2D eigenvalue weighted by Gasteiger charge is -2.21. The van der Waals surface area contributed by atoms with E-state index in [1.807, 2.05) is 30.3 Å². The van der Waals surface area contributed by atoms with Gasteiger partial charge in [-0.05, 0) is 19.1 Å². The Hall–Kier alpha value is -3.06. The molecule has 0 fully saturated rings. The second kappa shape index (κ2) is 6.34. The molecule has 1 amide bonds. The van der Waals surface area contributed by atoms with Gasteiger partial charge >= 0.3 is 0 Å². The van der Waals surface area contributed by atoms with E-state index in [1.165, 1.54) is 0 Å². The third kappa shape index (κ3) is 3.21. The number of amides is 1. The highest BCUT2D eigenvalue weighted by atomic mass is 16.7. The Morgan fingerprint density at radius 1 is 1.19 bits per heavy atom. The lowest BCUT2D eigenvalue weighted by atomic mass is 10.1. The summed E-state index contributed by atoms with van der Waals surface area (Å²) in [5, 5.41) is 4.45. The summed E-state index contributed by atoms with van der Waals surface area (Å²) in [4.78, 5) is 22.9. The highest BCUT2D eigenvalue weighted by molar-refractivity contribution is 5.99. The Bertz CT molecular complexity index is 868. The number of nitrogens with zero attached hydrogens (tertiary/aromatic N) is 2. The molecule has 0 bridgehead atoms. The Morgan fingerprint density at radius 3 is 2.77 bits per heavy atom. The fourth-order valence-corrected chi connectivity index (χ4v) is 3.04. The fourth-order valence-electron chi connectivity index (χ4n) is 3.04. The zero-order chi connectivity index (χ0) is 18.1. The molecule has 2 aromatic rings. The first-order chi connectivity index (χ1) is 12.5. The van der Waals surface area contributed by atoms with Gasteiger partial charge in [-0.2, -0.15) is 0 Å². The molecule has 2 aromatic carbocycles. The number of hydrogen-bond donors (Lipinski definition) is 1. The van der Waals surface area contributed by atoms with Crippen LogP contribution in [0.1, 0.15) is 18.9 Å². The summed E-state index contributed by atoms with van der Waals surface area (Å²) in [6.45, 7) is 1.99. The average Bonchev–Trinajstić information content (AvgIpc) is 3.19. The van der Waals surface area contributed by atoms with Crippen molar-refractivity contribution in [3.8, 4) is 11.5 Å². The molecule has 1 atom stereocenters. The van der Waals surface area contributed by atoms with Crippen molar-refractivity contribution in [3.05, 3.63) is 54.1 Å². The average molecular weight is 353 g/mol. The minimum absolute atomic E-state index is 0.0854. The number of ether oxygens (including phenoxy) is 2. The number of anilines is 1. The molecular weight excluding hydrogens is 334 g/mol. The molecule has 7 heteroatoms. The quantitative estimate of drug-likeness (QED) is 0.915. The predicted octanol–water partition coefficient (Wildman–Crippen LogP) is 2.78.